The number of amides is 2. The van der Waals surface area contributed by atoms with Crippen molar-refractivity contribution in [1.82, 2.24) is 15.1 Å². The van der Waals surface area contributed by atoms with E-state index >= 15 is 0 Å². The summed E-state index contributed by atoms with van der Waals surface area (Å²) < 4.78 is 0. The summed E-state index contributed by atoms with van der Waals surface area (Å²) in [5, 5.41) is 3.26. The lowest BCUT2D eigenvalue weighted by atomic mass is 9.95. The molecule has 0 spiro atoms. The van der Waals surface area contributed by atoms with E-state index in [1.54, 1.807) is 19.0 Å². The van der Waals surface area contributed by atoms with Crippen molar-refractivity contribution in [2.45, 2.75) is 32.6 Å². The maximum atomic E-state index is 11.6. The molecule has 1 unspecified atom stereocenters. The first kappa shape index (κ1) is 18.3. The Morgan fingerprint density at radius 1 is 1.41 bits per heavy atom. The van der Waals surface area contributed by atoms with Crippen molar-refractivity contribution in [2.75, 3.05) is 40.3 Å². The Kier molecular flexibility index (Phi) is 7.70. The van der Waals surface area contributed by atoms with Gasteiger partial charge in [-0.1, -0.05) is 0 Å². The van der Waals surface area contributed by atoms with Crippen LogP contribution in [-0.2, 0) is 9.59 Å². The average molecular weight is 311 g/mol. The first-order valence-electron chi connectivity index (χ1n) is 7.95. The van der Waals surface area contributed by atoms with Crippen molar-refractivity contribution in [3.05, 3.63) is 0 Å². The van der Waals surface area contributed by atoms with Crippen LogP contribution in [-0.4, -0.2) is 67.8 Å². The van der Waals surface area contributed by atoms with Gasteiger partial charge in [-0.3, -0.25) is 14.6 Å². The molecule has 1 fully saturated rings. The van der Waals surface area contributed by atoms with Crippen molar-refractivity contribution >= 4 is 17.8 Å². The van der Waals surface area contributed by atoms with Crippen molar-refractivity contribution in [3.8, 4) is 0 Å². The predicted molar refractivity (Wildman–Crippen MR) is 87.4 cm³/mol. The van der Waals surface area contributed by atoms with Gasteiger partial charge in [-0.05, 0) is 25.7 Å². The number of nitrogens with two attached hydrogens (primary N) is 1. The van der Waals surface area contributed by atoms with Crippen LogP contribution in [0.3, 0.4) is 0 Å². The van der Waals surface area contributed by atoms with E-state index in [0.29, 0.717) is 25.3 Å². The number of piperidine rings is 1. The summed E-state index contributed by atoms with van der Waals surface area (Å²) in [5.41, 5.74) is 5.30. The molecule has 1 saturated heterocycles. The zero-order valence-corrected chi connectivity index (χ0v) is 14.0. The molecule has 3 N–H and O–H groups in total. The Balaban J connectivity index is 2.60. The lowest BCUT2D eigenvalue weighted by Crippen LogP contribution is -2.47. The number of guanidine groups is 1. The normalized spacial score (nSPS) is 19.0. The minimum Gasteiger partial charge on any atom is -0.370 e. The van der Waals surface area contributed by atoms with Gasteiger partial charge in [-0.2, -0.15) is 0 Å². The topological polar surface area (TPSA) is 91.0 Å². The number of carbonyl (C=O) groups excluding carboxylic acids is 2. The minimum atomic E-state index is -0.245. The van der Waals surface area contributed by atoms with E-state index in [4.69, 9.17) is 5.73 Å². The van der Waals surface area contributed by atoms with E-state index in [-0.39, 0.29) is 11.8 Å². The first-order valence-corrected chi connectivity index (χ1v) is 7.95. The molecule has 7 heteroatoms. The van der Waals surface area contributed by atoms with Crippen molar-refractivity contribution in [3.63, 3.8) is 0 Å². The summed E-state index contributed by atoms with van der Waals surface area (Å²) in [5.74, 6) is 0.942. The lowest BCUT2D eigenvalue weighted by molar-refractivity contribution is -0.128. The van der Waals surface area contributed by atoms with Gasteiger partial charge in [0, 0.05) is 46.6 Å². The van der Waals surface area contributed by atoms with Gasteiger partial charge >= 0.3 is 0 Å². The van der Waals surface area contributed by atoms with Gasteiger partial charge in [0.05, 0.1) is 6.54 Å². The number of nitrogens with zero attached hydrogens (tertiary/aromatic N) is 3. The summed E-state index contributed by atoms with van der Waals surface area (Å²) in [6.45, 7) is 4.97. The molecule has 126 valence electrons. The van der Waals surface area contributed by atoms with Crippen LogP contribution in [0.15, 0.2) is 4.99 Å². The van der Waals surface area contributed by atoms with Crippen LogP contribution in [0.5, 0.6) is 0 Å². The molecule has 0 aliphatic carbocycles. The highest BCUT2D eigenvalue weighted by Crippen LogP contribution is 2.19. The number of nitrogens with one attached hydrogen (secondary N) is 1. The summed E-state index contributed by atoms with van der Waals surface area (Å²) in [4.78, 5) is 31.0. The zero-order chi connectivity index (χ0) is 16.5. The third kappa shape index (κ3) is 6.32. The molecule has 22 heavy (non-hydrogen) atoms. The summed E-state index contributed by atoms with van der Waals surface area (Å²) in [6, 6.07) is 0. The van der Waals surface area contributed by atoms with Gasteiger partial charge in [0.1, 0.15) is 0 Å². The average Bonchev–Trinajstić information content (AvgIpc) is 2.45. The quantitative estimate of drug-likeness (QED) is 0.534. The third-order valence-electron chi connectivity index (χ3n) is 3.73. The number of rotatable bonds is 6. The third-order valence-corrected chi connectivity index (χ3v) is 3.73. The Morgan fingerprint density at radius 3 is 2.73 bits per heavy atom. The summed E-state index contributed by atoms with van der Waals surface area (Å²) in [7, 11) is 3.49. The van der Waals surface area contributed by atoms with Crippen molar-refractivity contribution in [2.24, 2.45) is 16.6 Å². The number of hydrogen-bond acceptors (Lipinski definition) is 3. The van der Waals surface area contributed by atoms with Gasteiger partial charge < -0.3 is 20.9 Å². The standard InChI is InChI=1S/C15H29N5O2/c1-4-17-15(18-8-7-14(22)19(2)3)20-9-5-6-12(11-20)10-13(16)21/h12H,4-11H2,1-3H3,(H2,16,21)(H,17,18). The molecule has 0 bridgehead atoms. The van der Waals surface area contributed by atoms with E-state index in [0.717, 1.165) is 38.4 Å². The highest BCUT2D eigenvalue weighted by molar-refractivity contribution is 5.81. The van der Waals surface area contributed by atoms with E-state index in [1.165, 1.54) is 0 Å². The number of likely N-dealkylation sites (tertiary alicyclic amines) is 1. The Hall–Kier alpha value is -1.79. The summed E-state index contributed by atoms with van der Waals surface area (Å²) >= 11 is 0. The molecule has 1 aliphatic heterocycles. The molecule has 2 amide bonds. The number of hydrogen-bond donors (Lipinski definition) is 2. The molecular weight excluding hydrogens is 282 g/mol. The van der Waals surface area contributed by atoms with Crippen LogP contribution in [0, 0.1) is 5.92 Å². The van der Waals surface area contributed by atoms with Crippen LogP contribution in [0.4, 0.5) is 0 Å². The second kappa shape index (κ2) is 9.27. The van der Waals surface area contributed by atoms with Gasteiger partial charge in [0.2, 0.25) is 11.8 Å². The van der Waals surface area contributed by atoms with Gasteiger partial charge in [-0.15, -0.1) is 0 Å². The maximum Gasteiger partial charge on any atom is 0.223 e. The molecule has 7 nitrogen and oxygen atoms in total. The molecule has 1 rings (SSSR count). The predicted octanol–water partition coefficient (Wildman–Crippen LogP) is 0.0176. The van der Waals surface area contributed by atoms with Gasteiger partial charge in [-0.25, -0.2) is 0 Å². The monoisotopic (exact) mass is 311 g/mol. The van der Waals surface area contributed by atoms with Gasteiger partial charge in [0.25, 0.3) is 0 Å². The maximum absolute atomic E-state index is 11.6. The Labute approximate surface area is 132 Å². The largest absolute Gasteiger partial charge is 0.370 e. The van der Waals surface area contributed by atoms with Gasteiger partial charge in [0.15, 0.2) is 5.96 Å². The van der Waals surface area contributed by atoms with Crippen LogP contribution >= 0.6 is 0 Å². The van der Waals surface area contributed by atoms with E-state index in [1.807, 2.05) is 6.92 Å². The summed E-state index contributed by atoms with van der Waals surface area (Å²) in [6.07, 6.45) is 2.88. The highest BCUT2D eigenvalue weighted by atomic mass is 16.2. The Bertz CT molecular complexity index is 409. The smallest absolute Gasteiger partial charge is 0.223 e. The van der Waals surface area contributed by atoms with E-state index in [2.05, 4.69) is 15.2 Å². The fourth-order valence-corrected chi connectivity index (χ4v) is 2.62. The van der Waals surface area contributed by atoms with Crippen molar-refractivity contribution < 1.29 is 9.59 Å². The van der Waals surface area contributed by atoms with Crippen molar-refractivity contribution in [1.29, 1.82) is 0 Å². The van der Waals surface area contributed by atoms with E-state index < -0.39 is 0 Å². The molecule has 0 saturated carbocycles. The second-order valence-electron chi connectivity index (χ2n) is 5.90. The SMILES string of the molecule is CCNC(=NCCC(=O)N(C)C)N1CCCC(CC(N)=O)C1. The molecule has 1 atom stereocenters. The molecule has 1 aliphatic rings. The molecule has 0 aromatic heterocycles. The fourth-order valence-electron chi connectivity index (χ4n) is 2.62. The molecule has 0 aromatic rings. The molecule has 1 heterocycles. The second-order valence-corrected chi connectivity index (χ2v) is 5.90. The molecule has 0 aromatic carbocycles. The number of carbonyl (C=O) groups is 2. The minimum absolute atomic E-state index is 0.0739. The van der Waals surface area contributed by atoms with Crippen LogP contribution in [0.1, 0.15) is 32.6 Å². The fraction of sp³-hybridized carbons (Fsp3) is 0.800. The lowest BCUT2D eigenvalue weighted by Gasteiger charge is -2.34. The number of aliphatic imine (C=N–C) groups is 1. The van der Waals surface area contributed by atoms with Crippen LogP contribution < -0.4 is 11.1 Å². The van der Waals surface area contributed by atoms with Crippen LogP contribution in [0.2, 0.25) is 0 Å². The van der Waals surface area contributed by atoms with E-state index in [9.17, 15) is 9.59 Å². The Morgan fingerprint density at radius 2 is 2.14 bits per heavy atom. The highest BCUT2D eigenvalue weighted by Gasteiger charge is 2.23. The molecular formula is C15H29N5O2. The first-order chi connectivity index (χ1) is 10.4. The van der Waals surface area contributed by atoms with Crippen LogP contribution in [0.25, 0.3) is 0 Å². The molecule has 0 radical (unpaired) electrons. The number of primary amides is 1. The zero-order valence-electron chi connectivity index (χ0n) is 14.0.